The van der Waals surface area contributed by atoms with Crippen LogP contribution in [-0.4, -0.2) is 32.5 Å². The van der Waals surface area contributed by atoms with Crippen LogP contribution < -0.4 is 4.74 Å². The number of unbranched alkanes of at least 4 members (excludes halogenated alkanes) is 2. The Bertz CT molecular complexity index is 380. The van der Waals surface area contributed by atoms with E-state index in [0.29, 0.717) is 6.10 Å². The van der Waals surface area contributed by atoms with E-state index in [0.717, 1.165) is 38.2 Å². The maximum absolute atomic E-state index is 5.94. The number of aryl methyl sites for hydroxylation is 1. The van der Waals surface area contributed by atoms with Crippen LogP contribution in [0.4, 0.5) is 0 Å². The fraction of sp³-hybridized carbons (Fsp3) is 0.667. The molecule has 1 fully saturated rings. The van der Waals surface area contributed by atoms with Gasteiger partial charge in [-0.1, -0.05) is 38.3 Å². The fourth-order valence-electron chi connectivity index (χ4n) is 2.66. The van der Waals surface area contributed by atoms with Gasteiger partial charge in [-0.05, 0) is 37.0 Å². The van der Waals surface area contributed by atoms with Crippen molar-refractivity contribution in [3.05, 3.63) is 29.8 Å². The topological polar surface area (TPSA) is 27.7 Å². The normalized spacial score (nSPS) is 22.2. The number of methoxy groups -OCH3 is 1. The first kappa shape index (κ1) is 16.3. The molecule has 0 bridgehead atoms. The van der Waals surface area contributed by atoms with E-state index in [9.17, 15) is 0 Å². The van der Waals surface area contributed by atoms with Gasteiger partial charge >= 0.3 is 0 Å². The third kappa shape index (κ3) is 5.68. The zero-order valence-electron chi connectivity index (χ0n) is 13.3. The molecule has 1 saturated heterocycles. The van der Waals surface area contributed by atoms with Crippen LogP contribution in [-0.2, 0) is 15.9 Å². The summed E-state index contributed by atoms with van der Waals surface area (Å²) in [6.07, 6.45) is 7.55. The highest BCUT2D eigenvalue weighted by Gasteiger charge is 2.21. The molecule has 118 valence electrons. The second-order valence-corrected chi connectivity index (χ2v) is 5.79. The quantitative estimate of drug-likeness (QED) is 0.678. The summed E-state index contributed by atoms with van der Waals surface area (Å²) in [5, 5.41) is 0. The second-order valence-electron chi connectivity index (χ2n) is 5.79. The molecule has 3 nitrogen and oxygen atoms in total. The number of benzene rings is 1. The Morgan fingerprint density at radius 1 is 1.00 bits per heavy atom. The minimum absolute atomic E-state index is 0.245. The smallest absolute Gasteiger partial charge is 0.118 e. The molecule has 2 atom stereocenters. The van der Waals surface area contributed by atoms with E-state index in [1.54, 1.807) is 7.11 Å². The van der Waals surface area contributed by atoms with E-state index < -0.39 is 0 Å². The number of hydrogen-bond acceptors (Lipinski definition) is 3. The van der Waals surface area contributed by atoms with Crippen LogP contribution in [0.25, 0.3) is 0 Å². The summed E-state index contributed by atoms with van der Waals surface area (Å²) >= 11 is 0. The Hall–Kier alpha value is -1.06. The highest BCUT2D eigenvalue weighted by atomic mass is 16.6. The Morgan fingerprint density at radius 2 is 1.67 bits per heavy atom. The van der Waals surface area contributed by atoms with Gasteiger partial charge in [0.25, 0.3) is 0 Å². The average Bonchev–Trinajstić information content (AvgIpc) is 2.55. The van der Waals surface area contributed by atoms with Gasteiger partial charge in [0.1, 0.15) is 5.75 Å². The van der Waals surface area contributed by atoms with Crippen molar-refractivity contribution < 1.29 is 14.2 Å². The summed E-state index contributed by atoms with van der Waals surface area (Å²) in [4.78, 5) is 0. The van der Waals surface area contributed by atoms with Crippen LogP contribution >= 0.6 is 0 Å². The standard InChI is InChI=1S/C18H28O3/c1-3-4-5-6-17-13-21-18(14-20-17)12-9-15-7-10-16(19-2)11-8-15/h7-8,10-11,17-18H,3-6,9,12-14H2,1-2H3. The van der Waals surface area contributed by atoms with Gasteiger partial charge in [0.2, 0.25) is 0 Å². The van der Waals surface area contributed by atoms with Crippen molar-refractivity contribution in [3.63, 3.8) is 0 Å². The number of ether oxygens (including phenoxy) is 3. The SMILES string of the molecule is CCCCCC1COC(CCc2ccc(OC)cc2)CO1. The highest BCUT2D eigenvalue weighted by Crippen LogP contribution is 2.18. The molecule has 0 spiro atoms. The van der Waals surface area contributed by atoms with Crippen LogP contribution in [0.1, 0.15) is 44.6 Å². The monoisotopic (exact) mass is 292 g/mol. The van der Waals surface area contributed by atoms with E-state index in [1.807, 2.05) is 12.1 Å². The summed E-state index contributed by atoms with van der Waals surface area (Å²) in [6.45, 7) is 3.73. The third-order valence-electron chi connectivity index (χ3n) is 4.08. The Morgan fingerprint density at radius 3 is 2.24 bits per heavy atom. The van der Waals surface area contributed by atoms with Crippen molar-refractivity contribution in [1.29, 1.82) is 0 Å². The van der Waals surface area contributed by atoms with Gasteiger partial charge in [-0.2, -0.15) is 0 Å². The van der Waals surface area contributed by atoms with Crippen LogP contribution in [0.5, 0.6) is 5.75 Å². The van der Waals surface area contributed by atoms with Crippen molar-refractivity contribution in [2.24, 2.45) is 0 Å². The van der Waals surface area contributed by atoms with Crippen molar-refractivity contribution >= 4 is 0 Å². The first-order chi connectivity index (χ1) is 10.3. The van der Waals surface area contributed by atoms with Gasteiger partial charge in [-0.3, -0.25) is 0 Å². The molecule has 3 heteroatoms. The van der Waals surface area contributed by atoms with E-state index in [4.69, 9.17) is 14.2 Å². The van der Waals surface area contributed by atoms with Crippen molar-refractivity contribution in [3.8, 4) is 5.75 Å². The summed E-state index contributed by atoms with van der Waals surface area (Å²) in [5.41, 5.74) is 1.32. The maximum atomic E-state index is 5.94. The van der Waals surface area contributed by atoms with E-state index in [1.165, 1.54) is 24.8 Å². The van der Waals surface area contributed by atoms with Gasteiger partial charge in [-0.25, -0.2) is 0 Å². The Labute approximate surface area is 128 Å². The molecule has 0 aromatic heterocycles. The molecule has 1 aliphatic heterocycles. The molecule has 1 aromatic rings. The molecule has 1 heterocycles. The van der Waals surface area contributed by atoms with Crippen LogP contribution in [0, 0.1) is 0 Å². The Kier molecular flexibility index (Phi) is 7.04. The summed E-state index contributed by atoms with van der Waals surface area (Å²) < 4.78 is 17.0. The summed E-state index contributed by atoms with van der Waals surface area (Å²) in [5.74, 6) is 0.908. The van der Waals surface area contributed by atoms with Crippen molar-refractivity contribution in [2.75, 3.05) is 20.3 Å². The van der Waals surface area contributed by atoms with E-state index in [-0.39, 0.29) is 6.10 Å². The van der Waals surface area contributed by atoms with Gasteiger partial charge in [0.15, 0.2) is 0 Å². The zero-order chi connectivity index (χ0) is 14.9. The lowest BCUT2D eigenvalue weighted by atomic mass is 10.1. The second kappa shape index (κ2) is 9.06. The maximum Gasteiger partial charge on any atom is 0.118 e. The lowest BCUT2D eigenvalue weighted by Crippen LogP contribution is -2.35. The molecule has 1 aromatic carbocycles. The van der Waals surface area contributed by atoms with E-state index >= 15 is 0 Å². The van der Waals surface area contributed by atoms with Crippen molar-refractivity contribution in [2.45, 2.75) is 57.7 Å². The Balaban J connectivity index is 1.64. The lowest BCUT2D eigenvalue weighted by molar-refractivity contribution is -0.136. The average molecular weight is 292 g/mol. The zero-order valence-corrected chi connectivity index (χ0v) is 13.3. The molecule has 0 saturated carbocycles. The van der Waals surface area contributed by atoms with Crippen LogP contribution in [0.3, 0.4) is 0 Å². The van der Waals surface area contributed by atoms with Gasteiger partial charge in [-0.15, -0.1) is 0 Å². The van der Waals surface area contributed by atoms with Crippen LogP contribution in [0.2, 0.25) is 0 Å². The minimum Gasteiger partial charge on any atom is -0.497 e. The molecular weight excluding hydrogens is 264 g/mol. The van der Waals surface area contributed by atoms with Gasteiger partial charge in [0, 0.05) is 0 Å². The highest BCUT2D eigenvalue weighted by molar-refractivity contribution is 5.27. The van der Waals surface area contributed by atoms with Crippen LogP contribution in [0.15, 0.2) is 24.3 Å². The molecule has 2 rings (SSSR count). The summed E-state index contributed by atoms with van der Waals surface area (Å²) in [6, 6.07) is 8.26. The fourth-order valence-corrected chi connectivity index (χ4v) is 2.66. The van der Waals surface area contributed by atoms with Crippen molar-refractivity contribution in [1.82, 2.24) is 0 Å². The first-order valence-corrected chi connectivity index (χ1v) is 8.18. The lowest BCUT2D eigenvalue weighted by Gasteiger charge is -2.29. The minimum atomic E-state index is 0.245. The predicted octanol–water partition coefficient (Wildman–Crippen LogP) is 3.99. The molecule has 21 heavy (non-hydrogen) atoms. The molecule has 0 radical (unpaired) electrons. The van der Waals surface area contributed by atoms with E-state index in [2.05, 4.69) is 19.1 Å². The summed E-state index contributed by atoms with van der Waals surface area (Å²) in [7, 11) is 1.69. The van der Waals surface area contributed by atoms with Gasteiger partial charge < -0.3 is 14.2 Å². The third-order valence-corrected chi connectivity index (χ3v) is 4.08. The number of hydrogen-bond donors (Lipinski definition) is 0. The largest absolute Gasteiger partial charge is 0.497 e. The molecule has 0 aliphatic carbocycles. The number of rotatable bonds is 8. The molecular formula is C18H28O3. The predicted molar refractivity (Wildman–Crippen MR) is 84.9 cm³/mol. The molecule has 0 amide bonds. The molecule has 1 aliphatic rings. The molecule has 2 unspecified atom stereocenters. The van der Waals surface area contributed by atoms with Gasteiger partial charge in [0.05, 0.1) is 32.5 Å². The first-order valence-electron chi connectivity index (χ1n) is 8.18. The molecule has 0 N–H and O–H groups in total.